The SMILES string of the molecule is c1ccc(-c2ccc(-c3ccc(N(c4ccc(-c5ccccc5)c5ccccc45)c4cccc5c4c4ccccc4n5-c4ccccc4)cc3-c3ccccc3)cc2)cc1. The van der Waals surface area contributed by atoms with Crippen LogP contribution in [-0.2, 0) is 0 Å². The van der Waals surface area contributed by atoms with E-state index in [4.69, 9.17) is 0 Å². The molecule has 0 radical (unpaired) electrons. The third-order valence-corrected chi connectivity index (χ3v) is 11.8. The molecule has 60 heavy (non-hydrogen) atoms. The molecule has 0 N–H and O–H groups in total. The van der Waals surface area contributed by atoms with Gasteiger partial charge in [0.25, 0.3) is 0 Å². The van der Waals surface area contributed by atoms with Crippen LogP contribution in [0.15, 0.2) is 243 Å². The van der Waals surface area contributed by atoms with Gasteiger partial charge in [0.05, 0.1) is 22.4 Å². The summed E-state index contributed by atoms with van der Waals surface area (Å²) < 4.78 is 2.40. The molecule has 0 atom stereocenters. The fourth-order valence-electron chi connectivity index (χ4n) is 9.05. The maximum atomic E-state index is 2.50. The molecule has 10 aromatic carbocycles. The third kappa shape index (κ3) is 6.14. The number of para-hydroxylation sites is 2. The standard InChI is InChI=1S/C58H40N2/c1-5-18-41(19-6-1)42-32-34-45(35-33-42)49-37-36-47(40-53(49)44-22-9-3-10-23-44)60(55-39-38-48(43-20-7-2-8-21-43)50-26-13-14-27-51(50)55)57-31-17-30-56-58(57)52-28-15-16-29-54(52)59(56)46-24-11-4-12-25-46/h1-40H. The number of anilines is 3. The van der Waals surface area contributed by atoms with E-state index < -0.39 is 0 Å². The molecule has 11 rings (SSSR count). The van der Waals surface area contributed by atoms with Crippen LogP contribution in [0.25, 0.3) is 82.8 Å². The summed E-state index contributed by atoms with van der Waals surface area (Å²) in [6.07, 6.45) is 0. The summed E-state index contributed by atoms with van der Waals surface area (Å²) in [4.78, 5) is 2.50. The van der Waals surface area contributed by atoms with Crippen molar-refractivity contribution in [2.24, 2.45) is 0 Å². The zero-order valence-corrected chi connectivity index (χ0v) is 33.0. The van der Waals surface area contributed by atoms with Gasteiger partial charge in [0.15, 0.2) is 0 Å². The van der Waals surface area contributed by atoms with E-state index >= 15 is 0 Å². The summed E-state index contributed by atoms with van der Waals surface area (Å²) >= 11 is 0. The van der Waals surface area contributed by atoms with Crippen molar-refractivity contribution in [2.45, 2.75) is 0 Å². The molecule has 0 fully saturated rings. The monoisotopic (exact) mass is 764 g/mol. The Morgan fingerprint density at radius 3 is 1.48 bits per heavy atom. The molecular weight excluding hydrogens is 725 g/mol. The van der Waals surface area contributed by atoms with E-state index in [-0.39, 0.29) is 0 Å². The van der Waals surface area contributed by atoms with Crippen molar-refractivity contribution in [1.82, 2.24) is 4.57 Å². The first-order valence-electron chi connectivity index (χ1n) is 20.6. The van der Waals surface area contributed by atoms with Crippen LogP contribution >= 0.6 is 0 Å². The molecule has 2 nitrogen and oxygen atoms in total. The van der Waals surface area contributed by atoms with Gasteiger partial charge in [0.1, 0.15) is 0 Å². The predicted molar refractivity (Wildman–Crippen MR) is 255 cm³/mol. The Kier molecular flexibility index (Phi) is 8.87. The Hall–Kier alpha value is -7.94. The number of aromatic nitrogens is 1. The maximum absolute atomic E-state index is 2.50. The van der Waals surface area contributed by atoms with Gasteiger partial charge in [-0.05, 0) is 98.4 Å². The number of benzene rings is 10. The lowest BCUT2D eigenvalue weighted by molar-refractivity contribution is 1.18. The van der Waals surface area contributed by atoms with Crippen molar-refractivity contribution >= 4 is 49.6 Å². The minimum atomic E-state index is 1.08. The first-order chi connectivity index (χ1) is 29.8. The number of fused-ring (bicyclic) bond motifs is 4. The lowest BCUT2D eigenvalue weighted by Crippen LogP contribution is -2.11. The van der Waals surface area contributed by atoms with Crippen molar-refractivity contribution in [1.29, 1.82) is 0 Å². The number of nitrogens with zero attached hydrogens (tertiary/aromatic N) is 2. The van der Waals surface area contributed by atoms with Crippen molar-refractivity contribution in [2.75, 3.05) is 4.90 Å². The lowest BCUT2D eigenvalue weighted by atomic mass is 9.92. The average Bonchev–Trinajstić information content (AvgIpc) is 3.68. The molecule has 0 aliphatic carbocycles. The minimum Gasteiger partial charge on any atom is -0.309 e. The highest BCUT2D eigenvalue weighted by molar-refractivity contribution is 6.18. The molecule has 2 heteroatoms. The van der Waals surface area contributed by atoms with Gasteiger partial charge in [0.2, 0.25) is 0 Å². The van der Waals surface area contributed by atoms with E-state index in [9.17, 15) is 0 Å². The maximum Gasteiger partial charge on any atom is 0.0562 e. The molecule has 282 valence electrons. The van der Waals surface area contributed by atoms with Gasteiger partial charge in [-0.3, -0.25) is 0 Å². The summed E-state index contributed by atoms with van der Waals surface area (Å²) in [6.45, 7) is 0. The Bertz CT molecular complexity index is 3280. The highest BCUT2D eigenvalue weighted by Crippen LogP contribution is 2.48. The van der Waals surface area contributed by atoms with E-state index in [1.807, 2.05) is 0 Å². The molecule has 0 saturated carbocycles. The van der Waals surface area contributed by atoms with E-state index in [0.717, 1.165) is 28.3 Å². The molecule has 0 saturated heterocycles. The Morgan fingerprint density at radius 1 is 0.283 bits per heavy atom. The van der Waals surface area contributed by atoms with Crippen LogP contribution in [0.2, 0.25) is 0 Å². The van der Waals surface area contributed by atoms with Crippen LogP contribution in [0.5, 0.6) is 0 Å². The highest BCUT2D eigenvalue weighted by Gasteiger charge is 2.24. The number of hydrogen-bond acceptors (Lipinski definition) is 1. The molecule has 0 bridgehead atoms. The van der Waals surface area contributed by atoms with Gasteiger partial charge >= 0.3 is 0 Å². The molecule has 1 aromatic heterocycles. The van der Waals surface area contributed by atoms with Gasteiger partial charge in [-0.1, -0.05) is 194 Å². The molecule has 0 aliphatic rings. The van der Waals surface area contributed by atoms with Gasteiger partial charge in [0, 0.05) is 27.5 Å². The number of hydrogen-bond donors (Lipinski definition) is 0. The Balaban J connectivity index is 1.19. The second-order valence-corrected chi connectivity index (χ2v) is 15.3. The molecular formula is C58H40N2. The molecule has 11 aromatic rings. The summed E-state index contributed by atoms with van der Waals surface area (Å²) in [7, 11) is 0. The van der Waals surface area contributed by atoms with Crippen molar-refractivity contribution in [3.8, 4) is 50.2 Å². The Labute approximate surface area is 350 Å². The van der Waals surface area contributed by atoms with Crippen LogP contribution in [0.3, 0.4) is 0 Å². The minimum absolute atomic E-state index is 1.08. The van der Waals surface area contributed by atoms with Crippen LogP contribution < -0.4 is 4.90 Å². The fourth-order valence-corrected chi connectivity index (χ4v) is 9.05. The normalized spacial score (nSPS) is 11.3. The highest BCUT2D eigenvalue weighted by atomic mass is 15.1. The molecule has 0 unspecified atom stereocenters. The summed E-state index contributed by atoms with van der Waals surface area (Å²) in [6, 6.07) is 87.9. The van der Waals surface area contributed by atoms with Crippen LogP contribution in [0.1, 0.15) is 0 Å². The van der Waals surface area contributed by atoms with Gasteiger partial charge in [-0.2, -0.15) is 0 Å². The average molecular weight is 765 g/mol. The quantitative estimate of drug-likeness (QED) is 0.150. The van der Waals surface area contributed by atoms with Crippen LogP contribution in [0, 0.1) is 0 Å². The van der Waals surface area contributed by atoms with Crippen molar-refractivity contribution < 1.29 is 0 Å². The largest absolute Gasteiger partial charge is 0.309 e. The molecule has 0 amide bonds. The van der Waals surface area contributed by atoms with E-state index in [2.05, 4.69) is 252 Å². The fraction of sp³-hybridized carbons (Fsp3) is 0. The summed E-state index contributed by atoms with van der Waals surface area (Å²) in [5, 5.41) is 4.81. The van der Waals surface area contributed by atoms with Crippen LogP contribution in [0.4, 0.5) is 17.1 Å². The third-order valence-electron chi connectivity index (χ3n) is 11.8. The number of rotatable bonds is 8. The second-order valence-electron chi connectivity index (χ2n) is 15.3. The van der Waals surface area contributed by atoms with Gasteiger partial charge in [-0.15, -0.1) is 0 Å². The Morgan fingerprint density at radius 2 is 0.783 bits per heavy atom. The van der Waals surface area contributed by atoms with Crippen LogP contribution in [-0.4, -0.2) is 4.57 Å². The summed E-state index contributed by atoms with van der Waals surface area (Å²) in [5.74, 6) is 0. The zero-order chi connectivity index (χ0) is 39.8. The topological polar surface area (TPSA) is 8.17 Å². The first kappa shape index (κ1) is 35.2. The van der Waals surface area contributed by atoms with Gasteiger partial charge < -0.3 is 9.47 Å². The van der Waals surface area contributed by atoms with E-state index in [0.29, 0.717) is 0 Å². The first-order valence-corrected chi connectivity index (χ1v) is 20.6. The second kappa shape index (κ2) is 15.1. The lowest BCUT2D eigenvalue weighted by Gasteiger charge is -2.29. The summed E-state index contributed by atoms with van der Waals surface area (Å²) in [5.41, 5.74) is 16.3. The van der Waals surface area contributed by atoms with E-state index in [1.165, 1.54) is 71.6 Å². The van der Waals surface area contributed by atoms with Gasteiger partial charge in [-0.25, -0.2) is 0 Å². The van der Waals surface area contributed by atoms with E-state index in [1.54, 1.807) is 0 Å². The molecule has 0 spiro atoms. The predicted octanol–water partition coefficient (Wildman–Crippen LogP) is 16.1. The van der Waals surface area contributed by atoms with Crippen molar-refractivity contribution in [3.05, 3.63) is 243 Å². The molecule has 0 aliphatic heterocycles. The molecule has 1 heterocycles. The van der Waals surface area contributed by atoms with Crippen molar-refractivity contribution in [3.63, 3.8) is 0 Å². The zero-order valence-electron chi connectivity index (χ0n) is 33.0. The smallest absolute Gasteiger partial charge is 0.0562 e.